The summed E-state index contributed by atoms with van der Waals surface area (Å²) >= 11 is 0. The molecule has 1 aromatic rings. The quantitative estimate of drug-likeness (QED) is 0.746. The second kappa shape index (κ2) is 8.19. The smallest absolute Gasteiger partial charge is 0.319 e. The molecule has 0 aliphatic heterocycles. The molecule has 2 amide bonds. The summed E-state index contributed by atoms with van der Waals surface area (Å²) in [6, 6.07) is -0.280. The van der Waals surface area contributed by atoms with E-state index >= 15 is 0 Å². The third-order valence-electron chi connectivity index (χ3n) is 2.71. The highest BCUT2D eigenvalue weighted by atomic mass is 16.5. The Kier molecular flexibility index (Phi) is 6.55. The first-order valence-corrected chi connectivity index (χ1v) is 6.71. The molecule has 2 N–H and O–H groups in total. The van der Waals surface area contributed by atoms with Crippen LogP contribution in [-0.2, 0) is 0 Å². The van der Waals surface area contributed by atoms with E-state index in [2.05, 4.69) is 27.5 Å². The van der Waals surface area contributed by atoms with E-state index in [1.807, 2.05) is 14.1 Å². The molecule has 7 nitrogen and oxygen atoms in total. The van der Waals surface area contributed by atoms with Gasteiger partial charge < -0.3 is 20.3 Å². The van der Waals surface area contributed by atoms with Crippen LogP contribution in [0.25, 0.3) is 0 Å². The van der Waals surface area contributed by atoms with Crippen LogP contribution in [0.3, 0.4) is 0 Å². The third-order valence-corrected chi connectivity index (χ3v) is 2.71. The molecule has 0 saturated heterocycles. The van der Waals surface area contributed by atoms with E-state index in [1.165, 1.54) is 13.4 Å². The van der Waals surface area contributed by atoms with Gasteiger partial charge in [-0.2, -0.15) is 4.98 Å². The molecule has 20 heavy (non-hydrogen) atoms. The van der Waals surface area contributed by atoms with Crippen LogP contribution in [-0.4, -0.2) is 43.7 Å². The van der Waals surface area contributed by atoms with Crippen LogP contribution in [0.4, 0.5) is 16.3 Å². The van der Waals surface area contributed by atoms with Crippen molar-refractivity contribution in [3.05, 3.63) is 6.33 Å². The van der Waals surface area contributed by atoms with Crippen molar-refractivity contribution >= 4 is 17.5 Å². The van der Waals surface area contributed by atoms with E-state index in [0.717, 1.165) is 19.3 Å². The first-order chi connectivity index (χ1) is 9.60. The summed E-state index contributed by atoms with van der Waals surface area (Å²) in [4.78, 5) is 21.8. The van der Waals surface area contributed by atoms with Crippen molar-refractivity contribution in [3.8, 4) is 5.88 Å². The number of nitrogens with one attached hydrogen (secondary N) is 2. The van der Waals surface area contributed by atoms with Crippen LogP contribution in [0.5, 0.6) is 5.88 Å². The van der Waals surface area contributed by atoms with E-state index in [-0.39, 0.29) is 6.03 Å². The number of hydrogen-bond acceptors (Lipinski definition) is 5. The van der Waals surface area contributed by atoms with Crippen molar-refractivity contribution in [3.63, 3.8) is 0 Å². The number of anilines is 2. The molecule has 0 aliphatic carbocycles. The minimum Gasteiger partial charge on any atom is -0.479 e. The fourth-order valence-corrected chi connectivity index (χ4v) is 1.70. The predicted octanol–water partition coefficient (Wildman–Crippen LogP) is 1.86. The Balaban J connectivity index is 2.72. The molecule has 0 atom stereocenters. The van der Waals surface area contributed by atoms with Gasteiger partial charge in [0.15, 0.2) is 5.82 Å². The molecule has 7 heteroatoms. The molecule has 0 radical (unpaired) electrons. The van der Waals surface area contributed by atoms with Gasteiger partial charge in [-0.3, -0.25) is 0 Å². The molecular weight excluding hydrogens is 258 g/mol. The Labute approximate surface area is 119 Å². The van der Waals surface area contributed by atoms with Gasteiger partial charge in [0, 0.05) is 20.6 Å². The van der Waals surface area contributed by atoms with Crippen LogP contribution < -0.4 is 20.3 Å². The summed E-state index contributed by atoms with van der Waals surface area (Å²) in [5, 5.41) is 5.55. The van der Waals surface area contributed by atoms with E-state index < -0.39 is 0 Å². The molecular formula is C13H23N5O2. The average molecular weight is 281 g/mol. The molecule has 0 aliphatic rings. The number of urea groups is 1. The van der Waals surface area contributed by atoms with Crippen molar-refractivity contribution in [2.24, 2.45) is 0 Å². The van der Waals surface area contributed by atoms with Crippen LogP contribution in [0, 0.1) is 0 Å². The maximum absolute atomic E-state index is 11.9. The highest BCUT2D eigenvalue weighted by molar-refractivity contribution is 5.94. The Morgan fingerprint density at radius 1 is 1.35 bits per heavy atom. The summed E-state index contributed by atoms with van der Waals surface area (Å²) in [7, 11) is 5.18. The van der Waals surface area contributed by atoms with Gasteiger partial charge in [-0.25, -0.2) is 9.78 Å². The SMILES string of the molecule is CCCCCNC(=O)Nc1c(OC)ncnc1N(C)C. The van der Waals surface area contributed by atoms with Gasteiger partial charge in [0.05, 0.1) is 7.11 Å². The topological polar surface area (TPSA) is 79.4 Å². The number of carbonyl (C=O) groups excluding carboxylic acids is 1. The van der Waals surface area contributed by atoms with Crippen molar-refractivity contribution in [2.75, 3.05) is 38.0 Å². The molecule has 0 spiro atoms. The number of amides is 2. The monoisotopic (exact) mass is 281 g/mol. The molecule has 0 saturated carbocycles. The zero-order chi connectivity index (χ0) is 15.0. The lowest BCUT2D eigenvalue weighted by Crippen LogP contribution is -2.30. The number of methoxy groups -OCH3 is 1. The molecule has 0 aromatic carbocycles. The van der Waals surface area contributed by atoms with Crippen molar-refractivity contribution in [1.29, 1.82) is 0 Å². The van der Waals surface area contributed by atoms with E-state index in [4.69, 9.17) is 4.74 Å². The number of rotatable bonds is 7. The minimum atomic E-state index is -0.280. The third kappa shape index (κ3) is 4.56. The number of aromatic nitrogens is 2. The fraction of sp³-hybridized carbons (Fsp3) is 0.615. The molecule has 1 rings (SSSR count). The Morgan fingerprint density at radius 3 is 2.70 bits per heavy atom. The van der Waals surface area contributed by atoms with Gasteiger partial charge in [0.2, 0.25) is 5.88 Å². The van der Waals surface area contributed by atoms with Crippen LogP contribution in [0.1, 0.15) is 26.2 Å². The predicted molar refractivity (Wildman–Crippen MR) is 79.5 cm³/mol. The molecule has 1 aromatic heterocycles. The van der Waals surface area contributed by atoms with Crippen LogP contribution in [0.2, 0.25) is 0 Å². The Morgan fingerprint density at radius 2 is 2.10 bits per heavy atom. The zero-order valence-electron chi connectivity index (χ0n) is 12.6. The minimum absolute atomic E-state index is 0.280. The summed E-state index contributed by atoms with van der Waals surface area (Å²) in [6.07, 6.45) is 4.58. The zero-order valence-corrected chi connectivity index (χ0v) is 12.6. The van der Waals surface area contributed by atoms with Crippen LogP contribution >= 0.6 is 0 Å². The number of unbranched alkanes of at least 4 members (excludes halogenated alkanes) is 2. The normalized spacial score (nSPS) is 10.0. The largest absolute Gasteiger partial charge is 0.479 e. The van der Waals surface area contributed by atoms with Gasteiger partial charge in [-0.05, 0) is 6.42 Å². The maximum atomic E-state index is 11.9. The lowest BCUT2D eigenvalue weighted by molar-refractivity contribution is 0.251. The molecule has 0 unspecified atom stereocenters. The van der Waals surface area contributed by atoms with Gasteiger partial charge in [-0.1, -0.05) is 19.8 Å². The first kappa shape index (κ1) is 16.0. The molecule has 1 heterocycles. The van der Waals surface area contributed by atoms with Crippen molar-refractivity contribution < 1.29 is 9.53 Å². The summed E-state index contributed by atoms with van der Waals surface area (Å²) in [6.45, 7) is 2.77. The highest BCUT2D eigenvalue weighted by Crippen LogP contribution is 2.29. The molecule has 0 fully saturated rings. The average Bonchev–Trinajstić information content (AvgIpc) is 2.43. The number of nitrogens with zero attached hydrogens (tertiary/aromatic N) is 3. The lowest BCUT2D eigenvalue weighted by atomic mass is 10.2. The molecule has 112 valence electrons. The van der Waals surface area contributed by atoms with E-state index in [1.54, 1.807) is 4.90 Å². The standard InChI is InChI=1S/C13H23N5O2/c1-5-6-7-8-14-13(19)17-10-11(18(2)3)15-9-16-12(10)20-4/h9H,5-8H2,1-4H3,(H2,14,17,19). The maximum Gasteiger partial charge on any atom is 0.319 e. The number of carbonyl (C=O) groups is 1. The Bertz CT molecular complexity index is 437. The van der Waals surface area contributed by atoms with Gasteiger partial charge >= 0.3 is 6.03 Å². The summed E-state index contributed by atoms with van der Waals surface area (Å²) in [5.41, 5.74) is 0.466. The van der Waals surface area contributed by atoms with Crippen molar-refractivity contribution in [2.45, 2.75) is 26.2 Å². The van der Waals surface area contributed by atoms with Crippen molar-refractivity contribution in [1.82, 2.24) is 15.3 Å². The van der Waals surface area contributed by atoms with Crippen LogP contribution in [0.15, 0.2) is 6.33 Å². The summed E-state index contributed by atoms with van der Waals surface area (Å²) in [5.74, 6) is 0.938. The van der Waals surface area contributed by atoms with Gasteiger partial charge in [-0.15, -0.1) is 0 Å². The van der Waals surface area contributed by atoms with Gasteiger partial charge in [0.25, 0.3) is 0 Å². The Hall–Kier alpha value is -2.05. The second-order valence-electron chi connectivity index (χ2n) is 4.56. The second-order valence-corrected chi connectivity index (χ2v) is 4.56. The number of hydrogen-bond donors (Lipinski definition) is 2. The van der Waals surface area contributed by atoms with Gasteiger partial charge in [0.1, 0.15) is 12.0 Å². The highest BCUT2D eigenvalue weighted by Gasteiger charge is 2.16. The lowest BCUT2D eigenvalue weighted by Gasteiger charge is -2.18. The first-order valence-electron chi connectivity index (χ1n) is 6.71. The molecule has 0 bridgehead atoms. The number of ether oxygens (including phenoxy) is 1. The van der Waals surface area contributed by atoms with E-state index in [0.29, 0.717) is 23.9 Å². The summed E-state index contributed by atoms with van der Waals surface area (Å²) < 4.78 is 5.16. The fourth-order valence-electron chi connectivity index (χ4n) is 1.70. The van der Waals surface area contributed by atoms with E-state index in [9.17, 15) is 4.79 Å².